The minimum absolute atomic E-state index is 0.0600. The lowest BCUT2D eigenvalue weighted by Crippen LogP contribution is -2.26. The van der Waals surface area contributed by atoms with Crippen molar-refractivity contribution >= 4 is 11.6 Å². The van der Waals surface area contributed by atoms with Gasteiger partial charge in [0.2, 0.25) is 0 Å². The first kappa shape index (κ1) is 19.9. The summed E-state index contributed by atoms with van der Waals surface area (Å²) in [5, 5.41) is 4.34. The number of amides is 1. The van der Waals surface area contributed by atoms with Gasteiger partial charge < -0.3 is 4.74 Å². The molecule has 28 heavy (non-hydrogen) atoms. The Hall–Kier alpha value is -2.88. The average Bonchev–Trinajstić information content (AvgIpc) is 3.19. The van der Waals surface area contributed by atoms with E-state index in [9.17, 15) is 4.79 Å². The molecule has 0 fully saturated rings. The molecular weight excluding hydrogens is 348 g/mol. The molecule has 0 bridgehead atoms. The lowest BCUT2D eigenvalue weighted by Gasteiger charge is -2.11. The van der Waals surface area contributed by atoms with Gasteiger partial charge >= 0.3 is 0 Å². The van der Waals surface area contributed by atoms with Crippen LogP contribution in [0.25, 0.3) is 11.1 Å². The van der Waals surface area contributed by atoms with Crippen LogP contribution in [0.2, 0.25) is 0 Å². The second-order valence-electron chi connectivity index (χ2n) is 6.97. The fourth-order valence-electron chi connectivity index (χ4n) is 3.36. The number of carbonyl (C=O) groups is 1. The number of rotatable bonds is 9. The molecule has 0 spiro atoms. The van der Waals surface area contributed by atoms with Crippen LogP contribution in [0.5, 0.6) is 5.75 Å². The SMILES string of the molecule is CCCCCC1=CCC/C1=N/NC(=O)COc1ccccc1-c1ccccc1. The van der Waals surface area contributed by atoms with Crippen LogP contribution in [0, 0.1) is 0 Å². The Morgan fingerprint density at radius 3 is 2.68 bits per heavy atom. The molecule has 3 rings (SSSR count). The minimum Gasteiger partial charge on any atom is -0.483 e. The van der Waals surface area contributed by atoms with E-state index in [1.807, 2.05) is 54.6 Å². The van der Waals surface area contributed by atoms with Crippen LogP contribution >= 0.6 is 0 Å². The third kappa shape index (κ3) is 5.56. The fourth-order valence-corrected chi connectivity index (χ4v) is 3.36. The Bertz CT molecular complexity index is 841. The number of allylic oxidation sites excluding steroid dienone is 2. The smallest absolute Gasteiger partial charge is 0.277 e. The zero-order chi connectivity index (χ0) is 19.6. The van der Waals surface area contributed by atoms with E-state index in [4.69, 9.17) is 4.74 Å². The summed E-state index contributed by atoms with van der Waals surface area (Å²) >= 11 is 0. The van der Waals surface area contributed by atoms with Gasteiger partial charge in [-0.2, -0.15) is 5.10 Å². The second-order valence-corrected chi connectivity index (χ2v) is 6.97. The molecule has 0 atom stereocenters. The van der Waals surface area contributed by atoms with Crippen LogP contribution in [0.3, 0.4) is 0 Å². The first-order valence-electron chi connectivity index (χ1n) is 10.1. The van der Waals surface area contributed by atoms with E-state index in [1.54, 1.807) is 0 Å². The molecule has 1 aliphatic carbocycles. The molecule has 0 aliphatic heterocycles. The van der Waals surface area contributed by atoms with E-state index in [0.717, 1.165) is 36.1 Å². The van der Waals surface area contributed by atoms with Gasteiger partial charge in [0.15, 0.2) is 6.61 Å². The van der Waals surface area contributed by atoms with Crippen LogP contribution in [-0.4, -0.2) is 18.2 Å². The number of para-hydroxylation sites is 1. The van der Waals surface area contributed by atoms with Crippen LogP contribution in [0.4, 0.5) is 0 Å². The molecule has 0 unspecified atom stereocenters. The quantitative estimate of drug-likeness (QED) is 0.464. The van der Waals surface area contributed by atoms with Gasteiger partial charge in [-0.25, -0.2) is 5.43 Å². The summed E-state index contributed by atoms with van der Waals surface area (Å²) in [6.07, 6.45) is 8.81. The Morgan fingerprint density at radius 2 is 1.86 bits per heavy atom. The molecule has 0 aromatic heterocycles. The van der Waals surface area contributed by atoms with Crippen LogP contribution in [0.1, 0.15) is 45.4 Å². The molecule has 1 amide bonds. The lowest BCUT2D eigenvalue weighted by atomic mass is 10.1. The number of ether oxygens (including phenoxy) is 1. The van der Waals surface area contributed by atoms with Gasteiger partial charge in [0.25, 0.3) is 5.91 Å². The topological polar surface area (TPSA) is 50.7 Å². The standard InChI is InChI=1S/C24H28N2O2/c1-2-3-5-13-20-14-10-16-22(20)25-26-24(27)18-28-23-17-9-8-15-21(23)19-11-6-4-7-12-19/h4,6-9,11-12,14-15,17H,2-3,5,10,13,16,18H2,1H3,(H,26,27)/b25-22-. The monoisotopic (exact) mass is 376 g/mol. The molecule has 0 radical (unpaired) electrons. The van der Waals surface area contributed by atoms with Crippen molar-refractivity contribution in [3.63, 3.8) is 0 Å². The molecule has 2 aromatic carbocycles. The van der Waals surface area contributed by atoms with Gasteiger partial charge in [-0.15, -0.1) is 0 Å². The van der Waals surface area contributed by atoms with E-state index in [-0.39, 0.29) is 12.5 Å². The van der Waals surface area contributed by atoms with Crippen molar-refractivity contribution in [3.8, 4) is 16.9 Å². The van der Waals surface area contributed by atoms with Crippen molar-refractivity contribution in [2.45, 2.75) is 45.4 Å². The normalized spacial score (nSPS) is 14.8. The lowest BCUT2D eigenvalue weighted by molar-refractivity contribution is -0.123. The third-order valence-electron chi connectivity index (χ3n) is 4.84. The Labute approximate surface area is 167 Å². The minimum atomic E-state index is -0.241. The van der Waals surface area contributed by atoms with Gasteiger partial charge in [-0.1, -0.05) is 74.4 Å². The highest BCUT2D eigenvalue weighted by atomic mass is 16.5. The highest BCUT2D eigenvalue weighted by Gasteiger charge is 2.14. The summed E-state index contributed by atoms with van der Waals surface area (Å²) < 4.78 is 5.78. The number of benzene rings is 2. The number of nitrogens with zero attached hydrogens (tertiary/aromatic N) is 1. The van der Waals surface area contributed by atoms with Gasteiger partial charge in [0.1, 0.15) is 5.75 Å². The molecule has 0 heterocycles. The maximum atomic E-state index is 12.2. The van der Waals surface area contributed by atoms with Gasteiger partial charge in [-0.3, -0.25) is 4.79 Å². The third-order valence-corrected chi connectivity index (χ3v) is 4.84. The molecule has 146 valence electrons. The first-order valence-corrected chi connectivity index (χ1v) is 10.1. The second kappa shape index (κ2) is 10.5. The van der Waals surface area contributed by atoms with Crippen molar-refractivity contribution in [3.05, 3.63) is 66.2 Å². The number of nitrogens with one attached hydrogen (secondary N) is 1. The zero-order valence-electron chi connectivity index (χ0n) is 16.5. The molecule has 0 saturated heterocycles. The molecule has 4 heteroatoms. The molecule has 2 aromatic rings. The highest BCUT2D eigenvalue weighted by Crippen LogP contribution is 2.29. The predicted molar refractivity (Wildman–Crippen MR) is 114 cm³/mol. The maximum absolute atomic E-state index is 12.2. The summed E-state index contributed by atoms with van der Waals surface area (Å²) in [6.45, 7) is 2.14. The van der Waals surface area contributed by atoms with E-state index in [0.29, 0.717) is 5.75 Å². The van der Waals surface area contributed by atoms with Gasteiger partial charge in [-0.05, 0) is 42.9 Å². The largest absolute Gasteiger partial charge is 0.483 e. The molecule has 1 aliphatic rings. The van der Waals surface area contributed by atoms with Crippen LogP contribution in [-0.2, 0) is 4.79 Å². The van der Waals surface area contributed by atoms with Crippen molar-refractivity contribution in [1.29, 1.82) is 0 Å². The molecule has 1 N–H and O–H groups in total. The Kier molecular flexibility index (Phi) is 7.42. The number of hydrogen-bond acceptors (Lipinski definition) is 3. The summed E-state index contributed by atoms with van der Waals surface area (Å²) in [5.74, 6) is 0.452. The van der Waals surface area contributed by atoms with Crippen molar-refractivity contribution in [2.24, 2.45) is 5.10 Å². The summed E-state index contributed by atoms with van der Waals surface area (Å²) in [6, 6.07) is 17.8. The first-order chi connectivity index (χ1) is 13.8. The van der Waals surface area contributed by atoms with Crippen molar-refractivity contribution in [1.82, 2.24) is 5.43 Å². The number of hydrazone groups is 1. The Morgan fingerprint density at radius 1 is 1.07 bits per heavy atom. The van der Waals surface area contributed by atoms with E-state index in [2.05, 4.69) is 23.5 Å². The van der Waals surface area contributed by atoms with Crippen molar-refractivity contribution in [2.75, 3.05) is 6.61 Å². The van der Waals surface area contributed by atoms with Crippen molar-refractivity contribution < 1.29 is 9.53 Å². The molecular formula is C24H28N2O2. The van der Waals surface area contributed by atoms with Crippen LogP contribution in [0.15, 0.2) is 71.3 Å². The molecule has 0 saturated carbocycles. The summed E-state index contributed by atoms with van der Waals surface area (Å²) in [7, 11) is 0. The summed E-state index contributed by atoms with van der Waals surface area (Å²) in [5.41, 5.74) is 6.98. The van der Waals surface area contributed by atoms with Crippen LogP contribution < -0.4 is 10.2 Å². The fraction of sp³-hybridized carbons (Fsp3) is 0.333. The predicted octanol–water partition coefficient (Wildman–Crippen LogP) is 5.51. The number of unbranched alkanes of at least 4 members (excludes halogenated alkanes) is 2. The van der Waals surface area contributed by atoms with E-state index < -0.39 is 0 Å². The Balaban J connectivity index is 1.55. The summed E-state index contributed by atoms with van der Waals surface area (Å²) in [4.78, 5) is 12.2. The van der Waals surface area contributed by atoms with Gasteiger partial charge in [0.05, 0.1) is 5.71 Å². The average molecular weight is 377 g/mol. The highest BCUT2D eigenvalue weighted by molar-refractivity contribution is 6.02. The van der Waals surface area contributed by atoms with Gasteiger partial charge in [0, 0.05) is 5.56 Å². The molecule has 4 nitrogen and oxygen atoms in total. The number of carbonyl (C=O) groups excluding carboxylic acids is 1. The zero-order valence-corrected chi connectivity index (χ0v) is 16.5. The van der Waals surface area contributed by atoms with E-state index >= 15 is 0 Å². The maximum Gasteiger partial charge on any atom is 0.277 e. The van der Waals surface area contributed by atoms with E-state index in [1.165, 1.54) is 24.8 Å². The number of hydrogen-bond donors (Lipinski definition) is 1.